The molecule has 0 aliphatic carbocycles. The predicted octanol–water partition coefficient (Wildman–Crippen LogP) is -1.16. The third kappa shape index (κ3) is 2.10. The van der Waals surface area contributed by atoms with Crippen LogP contribution in [0, 0.1) is 0 Å². The van der Waals surface area contributed by atoms with Gasteiger partial charge in [-0.05, 0) is 0 Å². The fourth-order valence-electron chi connectivity index (χ4n) is 0.157. The lowest BCUT2D eigenvalue weighted by Gasteiger charge is -2.08. The molecular formula is C2H8N4O. The summed E-state index contributed by atoms with van der Waals surface area (Å²) >= 11 is 0. The number of hydrazine groups is 1. The van der Waals surface area contributed by atoms with Crippen LogP contribution in [-0.2, 0) is 4.94 Å². The van der Waals surface area contributed by atoms with Crippen LogP contribution in [0.15, 0.2) is 5.10 Å². The van der Waals surface area contributed by atoms with Crippen molar-refractivity contribution in [1.29, 1.82) is 0 Å². The standard InChI is InChI=1S/C2H8N4O/c1-4-6(5-2)7-3/h5H,1,3H2,2H3. The number of nitrogens with two attached hydrogens (primary N) is 1. The van der Waals surface area contributed by atoms with Crippen molar-refractivity contribution in [1.82, 2.24) is 10.7 Å². The summed E-state index contributed by atoms with van der Waals surface area (Å²) in [6, 6.07) is 0. The quantitative estimate of drug-likeness (QED) is 0.350. The van der Waals surface area contributed by atoms with Gasteiger partial charge in [0.2, 0.25) is 0 Å². The molecule has 0 bridgehead atoms. The van der Waals surface area contributed by atoms with Crippen molar-refractivity contribution in [3.05, 3.63) is 0 Å². The summed E-state index contributed by atoms with van der Waals surface area (Å²) < 4.78 is 0. The second-order valence-corrected chi connectivity index (χ2v) is 0.743. The smallest absolute Gasteiger partial charge is 0.0149 e. The third-order valence-corrected chi connectivity index (χ3v) is 0.420. The Bertz CT molecular complexity index is 51.7. The number of hydrazone groups is 1. The Kier molecular flexibility index (Phi) is 3.21. The first-order chi connectivity index (χ1) is 3.35. The summed E-state index contributed by atoms with van der Waals surface area (Å²) in [5.74, 6) is 4.62. The summed E-state index contributed by atoms with van der Waals surface area (Å²) in [6.45, 7) is 3.11. The average molecular weight is 104 g/mol. The molecule has 0 fully saturated rings. The van der Waals surface area contributed by atoms with E-state index in [-0.39, 0.29) is 0 Å². The number of hydrogen-bond donors (Lipinski definition) is 2. The van der Waals surface area contributed by atoms with Gasteiger partial charge in [0.05, 0.1) is 0 Å². The van der Waals surface area contributed by atoms with E-state index in [2.05, 4.69) is 28.1 Å². The van der Waals surface area contributed by atoms with E-state index in [0.29, 0.717) is 0 Å². The maximum Gasteiger partial charge on any atom is 0.0149 e. The second-order valence-electron chi connectivity index (χ2n) is 0.743. The van der Waals surface area contributed by atoms with Crippen LogP contribution in [0.3, 0.4) is 0 Å². The van der Waals surface area contributed by atoms with E-state index in [1.165, 1.54) is 0 Å². The molecule has 0 spiro atoms. The number of hydrogen-bond acceptors (Lipinski definition) is 5. The Morgan fingerprint density at radius 3 is 2.57 bits per heavy atom. The zero-order valence-corrected chi connectivity index (χ0v) is 4.09. The van der Waals surface area contributed by atoms with Crippen molar-refractivity contribution >= 4 is 6.72 Å². The zero-order chi connectivity index (χ0) is 5.70. The van der Waals surface area contributed by atoms with Crippen molar-refractivity contribution in [3.8, 4) is 0 Å². The highest BCUT2D eigenvalue weighted by atomic mass is 16.8. The monoisotopic (exact) mass is 104 g/mol. The molecule has 0 radical (unpaired) electrons. The van der Waals surface area contributed by atoms with Crippen LogP contribution in [-0.4, -0.2) is 19.0 Å². The lowest BCUT2D eigenvalue weighted by atomic mass is 11.5. The Balaban J connectivity index is 3.16. The topological polar surface area (TPSA) is 62.9 Å². The molecule has 0 aliphatic rings. The summed E-state index contributed by atoms with van der Waals surface area (Å²) in [5.41, 5.74) is 2.46. The first kappa shape index (κ1) is 6.35. The highest BCUT2D eigenvalue weighted by molar-refractivity contribution is 5.21. The van der Waals surface area contributed by atoms with Gasteiger partial charge < -0.3 is 0 Å². The van der Waals surface area contributed by atoms with Gasteiger partial charge in [0, 0.05) is 13.8 Å². The van der Waals surface area contributed by atoms with Gasteiger partial charge in [-0.2, -0.15) is 16.3 Å². The molecule has 0 aromatic rings. The van der Waals surface area contributed by atoms with Crippen LogP contribution in [0.2, 0.25) is 0 Å². The maximum absolute atomic E-state index is 4.62. The van der Waals surface area contributed by atoms with Crippen molar-refractivity contribution in [2.75, 3.05) is 7.05 Å². The van der Waals surface area contributed by atoms with Crippen molar-refractivity contribution in [2.24, 2.45) is 11.0 Å². The molecule has 7 heavy (non-hydrogen) atoms. The predicted molar refractivity (Wildman–Crippen MR) is 25.7 cm³/mol. The summed E-state index contributed by atoms with van der Waals surface area (Å²) in [5, 5.41) is 4.17. The van der Waals surface area contributed by atoms with E-state index in [9.17, 15) is 0 Å². The highest BCUT2D eigenvalue weighted by Crippen LogP contribution is 1.71. The second kappa shape index (κ2) is 3.54. The molecule has 5 nitrogen and oxygen atoms in total. The Hall–Kier alpha value is -0.650. The van der Waals surface area contributed by atoms with Gasteiger partial charge in [-0.1, -0.05) is 5.28 Å². The van der Waals surface area contributed by atoms with E-state index in [1.807, 2.05) is 0 Å². The Labute approximate surface area is 41.6 Å². The van der Waals surface area contributed by atoms with E-state index in [1.54, 1.807) is 7.05 Å². The van der Waals surface area contributed by atoms with Gasteiger partial charge in [-0.3, -0.25) is 0 Å². The lowest BCUT2D eigenvalue weighted by molar-refractivity contribution is -0.194. The van der Waals surface area contributed by atoms with Crippen LogP contribution in [0.25, 0.3) is 0 Å². The Morgan fingerprint density at radius 1 is 2.00 bits per heavy atom. The molecule has 0 amide bonds. The largest absolute Gasteiger partial charge is 0.193 e. The van der Waals surface area contributed by atoms with Gasteiger partial charge in [0.1, 0.15) is 0 Å². The zero-order valence-electron chi connectivity index (χ0n) is 4.09. The number of nitrogens with one attached hydrogen (secondary N) is 1. The fourth-order valence-corrected chi connectivity index (χ4v) is 0.157. The molecule has 0 heterocycles. The SMILES string of the molecule is C=NN(NC)ON. The minimum Gasteiger partial charge on any atom is -0.193 e. The van der Waals surface area contributed by atoms with Gasteiger partial charge >= 0.3 is 0 Å². The van der Waals surface area contributed by atoms with E-state index >= 15 is 0 Å². The van der Waals surface area contributed by atoms with Crippen LogP contribution in [0.4, 0.5) is 0 Å². The Morgan fingerprint density at radius 2 is 2.57 bits per heavy atom. The summed E-state index contributed by atoms with van der Waals surface area (Å²) in [4.78, 5) is 4.04. The van der Waals surface area contributed by atoms with Gasteiger partial charge in [0.15, 0.2) is 0 Å². The molecule has 5 heteroatoms. The lowest BCUT2D eigenvalue weighted by Crippen LogP contribution is -2.32. The minimum absolute atomic E-state index is 0.917. The molecule has 0 aromatic carbocycles. The molecule has 0 atom stereocenters. The van der Waals surface area contributed by atoms with Crippen LogP contribution in [0.5, 0.6) is 0 Å². The van der Waals surface area contributed by atoms with Crippen LogP contribution >= 0.6 is 0 Å². The van der Waals surface area contributed by atoms with Crippen molar-refractivity contribution in [3.63, 3.8) is 0 Å². The number of rotatable bonds is 3. The molecule has 42 valence electrons. The van der Waals surface area contributed by atoms with Crippen LogP contribution in [0.1, 0.15) is 0 Å². The molecule has 0 rings (SSSR count). The summed E-state index contributed by atoms with van der Waals surface area (Å²) in [7, 11) is 1.60. The first-order valence-electron chi connectivity index (χ1n) is 1.66. The molecule has 0 saturated heterocycles. The first-order valence-corrected chi connectivity index (χ1v) is 1.66. The van der Waals surface area contributed by atoms with Gasteiger partial charge in [-0.25, -0.2) is 0 Å². The average Bonchev–Trinajstić information content (AvgIpc) is 1.72. The van der Waals surface area contributed by atoms with E-state index < -0.39 is 0 Å². The molecular weight excluding hydrogens is 96.0 g/mol. The molecule has 0 saturated carbocycles. The van der Waals surface area contributed by atoms with Crippen LogP contribution < -0.4 is 11.3 Å². The molecule has 0 aromatic heterocycles. The maximum atomic E-state index is 4.62. The third-order valence-electron chi connectivity index (χ3n) is 0.420. The summed E-state index contributed by atoms with van der Waals surface area (Å²) in [6.07, 6.45) is 0. The van der Waals surface area contributed by atoms with Gasteiger partial charge in [-0.15, -0.1) is 5.10 Å². The highest BCUT2D eigenvalue weighted by Gasteiger charge is 1.84. The fraction of sp³-hybridized carbons (Fsp3) is 0.500. The minimum atomic E-state index is 0.917. The van der Waals surface area contributed by atoms with E-state index in [0.717, 1.165) is 5.28 Å². The van der Waals surface area contributed by atoms with Gasteiger partial charge in [0.25, 0.3) is 0 Å². The molecule has 3 N–H and O–H groups in total. The molecule has 0 aliphatic heterocycles. The number of nitrogens with zero attached hydrogens (tertiary/aromatic N) is 2. The molecule has 0 unspecified atom stereocenters. The van der Waals surface area contributed by atoms with Crippen molar-refractivity contribution < 1.29 is 4.94 Å². The van der Waals surface area contributed by atoms with E-state index in [4.69, 9.17) is 0 Å². The van der Waals surface area contributed by atoms with Crippen molar-refractivity contribution in [2.45, 2.75) is 0 Å². The normalized spacial score (nSPS) is 8.29.